The molecule has 0 radical (unpaired) electrons. The molecule has 2 amide bonds. The third-order valence-electron chi connectivity index (χ3n) is 3.15. The lowest BCUT2D eigenvalue weighted by molar-refractivity contribution is -0.385. The highest BCUT2D eigenvalue weighted by Gasteiger charge is 2.14. The Morgan fingerprint density at radius 3 is 2.42 bits per heavy atom. The number of carbonyl (C=O) groups excluding carboxylic acids is 2. The summed E-state index contributed by atoms with van der Waals surface area (Å²) in [5, 5.41) is 13.5. The molecule has 0 aliphatic heterocycles. The fourth-order valence-electron chi connectivity index (χ4n) is 1.91. The van der Waals surface area contributed by atoms with Crippen LogP contribution in [0.3, 0.4) is 0 Å². The Morgan fingerprint density at radius 2 is 1.79 bits per heavy atom. The second-order valence-electron chi connectivity index (χ2n) is 4.85. The number of carbonyl (C=O) groups is 2. The minimum Gasteiger partial charge on any atom is -0.477 e. The Hall–Kier alpha value is -3.42. The van der Waals surface area contributed by atoms with Gasteiger partial charge in [0.25, 0.3) is 5.91 Å². The lowest BCUT2D eigenvalue weighted by Gasteiger charge is -2.08. The topological polar surface area (TPSA) is 125 Å². The van der Waals surface area contributed by atoms with Gasteiger partial charge in [-0.3, -0.25) is 19.7 Å². The van der Waals surface area contributed by atoms with E-state index in [0.29, 0.717) is 5.56 Å². The summed E-state index contributed by atoms with van der Waals surface area (Å²) in [7, 11) is 0. The van der Waals surface area contributed by atoms with E-state index in [4.69, 9.17) is 10.5 Å². The Balaban J connectivity index is 1.86. The smallest absolute Gasteiger partial charge is 0.310 e. The van der Waals surface area contributed by atoms with Gasteiger partial charge in [0.2, 0.25) is 5.91 Å². The molecule has 124 valence electrons. The van der Waals surface area contributed by atoms with Crippen LogP contribution in [0, 0.1) is 10.1 Å². The average molecular weight is 329 g/mol. The number of nitro benzene ring substituents is 1. The molecule has 0 heterocycles. The monoisotopic (exact) mass is 329 g/mol. The minimum absolute atomic E-state index is 0.0310. The number of primary amides is 1. The molecule has 8 nitrogen and oxygen atoms in total. The summed E-state index contributed by atoms with van der Waals surface area (Å²) in [6.07, 6.45) is 0. The van der Waals surface area contributed by atoms with Crippen molar-refractivity contribution >= 4 is 17.5 Å². The maximum absolute atomic E-state index is 11.8. The van der Waals surface area contributed by atoms with Crippen LogP contribution in [0.5, 0.6) is 5.75 Å². The number of rotatable bonds is 7. The summed E-state index contributed by atoms with van der Waals surface area (Å²) in [4.78, 5) is 33.0. The molecule has 3 N–H and O–H groups in total. The van der Waals surface area contributed by atoms with Crippen LogP contribution in [0.25, 0.3) is 0 Å². The van der Waals surface area contributed by atoms with Gasteiger partial charge in [-0.05, 0) is 23.8 Å². The van der Waals surface area contributed by atoms with E-state index < -0.39 is 16.7 Å². The molecule has 0 aromatic heterocycles. The van der Waals surface area contributed by atoms with Gasteiger partial charge in [-0.1, -0.05) is 24.3 Å². The number of nitrogens with one attached hydrogen (secondary N) is 1. The molecule has 0 saturated heterocycles. The highest BCUT2D eigenvalue weighted by molar-refractivity contribution is 5.92. The van der Waals surface area contributed by atoms with E-state index in [0.717, 1.165) is 5.56 Å². The molecule has 8 heteroatoms. The summed E-state index contributed by atoms with van der Waals surface area (Å²) in [6.45, 7) is -0.109. The summed E-state index contributed by atoms with van der Waals surface area (Å²) in [6, 6.07) is 12.3. The van der Waals surface area contributed by atoms with Gasteiger partial charge in [-0.2, -0.15) is 0 Å². The Labute approximate surface area is 137 Å². The number of hydrogen-bond acceptors (Lipinski definition) is 5. The zero-order chi connectivity index (χ0) is 17.5. The maximum Gasteiger partial charge on any atom is 0.310 e. The van der Waals surface area contributed by atoms with E-state index >= 15 is 0 Å². The first-order valence-electron chi connectivity index (χ1n) is 6.99. The second kappa shape index (κ2) is 7.73. The molecule has 0 unspecified atom stereocenters. The van der Waals surface area contributed by atoms with Crippen LogP contribution in [0.4, 0.5) is 5.69 Å². The summed E-state index contributed by atoms with van der Waals surface area (Å²) in [5.74, 6) is -0.918. The van der Waals surface area contributed by atoms with Gasteiger partial charge in [-0.15, -0.1) is 0 Å². The zero-order valence-corrected chi connectivity index (χ0v) is 12.6. The fraction of sp³-hybridized carbons (Fsp3) is 0.125. The fourth-order valence-corrected chi connectivity index (χ4v) is 1.91. The van der Waals surface area contributed by atoms with Crippen molar-refractivity contribution in [2.24, 2.45) is 5.73 Å². The van der Waals surface area contributed by atoms with Crippen molar-refractivity contribution in [3.63, 3.8) is 0 Å². The predicted octanol–water partition coefficient (Wildman–Crippen LogP) is 1.39. The Kier molecular flexibility index (Phi) is 5.45. The molecule has 0 atom stereocenters. The second-order valence-corrected chi connectivity index (χ2v) is 4.85. The number of nitrogens with two attached hydrogens (primary N) is 1. The normalized spacial score (nSPS) is 10.0. The van der Waals surface area contributed by atoms with Gasteiger partial charge in [0.05, 0.1) is 4.92 Å². The molecule has 0 saturated carbocycles. The largest absolute Gasteiger partial charge is 0.477 e. The van der Waals surface area contributed by atoms with Crippen molar-refractivity contribution < 1.29 is 19.2 Å². The van der Waals surface area contributed by atoms with E-state index in [1.807, 2.05) is 0 Å². The molecule has 0 fully saturated rings. The van der Waals surface area contributed by atoms with E-state index in [9.17, 15) is 19.7 Å². The van der Waals surface area contributed by atoms with Crippen molar-refractivity contribution in [1.29, 1.82) is 0 Å². The number of nitro groups is 1. The van der Waals surface area contributed by atoms with Crippen molar-refractivity contribution in [3.8, 4) is 5.75 Å². The molecular weight excluding hydrogens is 314 g/mol. The van der Waals surface area contributed by atoms with Gasteiger partial charge >= 0.3 is 5.69 Å². The van der Waals surface area contributed by atoms with Crippen LogP contribution in [0.2, 0.25) is 0 Å². The zero-order valence-electron chi connectivity index (χ0n) is 12.6. The number of hydrogen-bond donors (Lipinski definition) is 2. The number of ether oxygens (including phenoxy) is 1. The molecule has 2 aromatic rings. The summed E-state index contributed by atoms with van der Waals surface area (Å²) < 4.78 is 5.18. The lowest BCUT2D eigenvalue weighted by atomic mass is 10.1. The SMILES string of the molecule is NC(=O)c1ccc(CNC(=O)COc2ccccc2[N+](=O)[O-])cc1. The number of para-hydroxylation sites is 2. The van der Waals surface area contributed by atoms with Gasteiger partial charge in [-0.25, -0.2) is 0 Å². The Morgan fingerprint density at radius 1 is 1.12 bits per heavy atom. The molecule has 0 bridgehead atoms. The average Bonchev–Trinajstić information content (AvgIpc) is 2.58. The molecule has 2 rings (SSSR count). The van der Waals surface area contributed by atoms with Crippen molar-refractivity contribution in [2.45, 2.75) is 6.54 Å². The van der Waals surface area contributed by atoms with Crippen LogP contribution in [-0.2, 0) is 11.3 Å². The number of amides is 2. The van der Waals surface area contributed by atoms with Crippen LogP contribution >= 0.6 is 0 Å². The first-order valence-corrected chi connectivity index (χ1v) is 6.99. The number of benzene rings is 2. The quantitative estimate of drug-likeness (QED) is 0.586. The molecule has 0 spiro atoms. The Bertz CT molecular complexity index is 759. The van der Waals surface area contributed by atoms with Gasteiger partial charge in [0.15, 0.2) is 12.4 Å². The maximum atomic E-state index is 11.8. The van der Waals surface area contributed by atoms with Gasteiger partial charge in [0.1, 0.15) is 0 Å². The van der Waals surface area contributed by atoms with Crippen LogP contribution < -0.4 is 15.8 Å². The highest BCUT2D eigenvalue weighted by atomic mass is 16.6. The van der Waals surface area contributed by atoms with Crippen LogP contribution in [0.1, 0.15) is 15.9 Å². The summed E-state index contributed by atoms with van der Waals surface area (Å²) in [5.41, 5.74) is 6.10. The van der Waals surface area contributed by atoms with Crippen molar-refractivity contribution in [2.75, 3.05) is 6.61 Å². The highest BCUT2D eigenvalue weighted by Crippen LogP contribution is 2.25. The van der Waals surface area contributed by atoms with E-state index in [2.05, 4.69) is 5.32 Å². The summed E-state index contributed by atoms with van der Waals surface area (Å²) >= 11 is 0. The van der Waals surface area contributed by atoms with Crippen LogP contribution in [-0.4, -0.2) is 23.3 Å². The van der Waals surface area contributed by atoms with Crippen molar-refractivity contribution in [3.05, 3.63) is 69.8 Å². The molecule has 2 aromatic carbocycles. The molecule has 0 aliphatic rings. The van der Waals surface area contributed by atoms with Crippen molar-refractivity contribution in [1.82, 2.24) is 5.32 Å². The van der Waals surface area contributed by atoms with Gasteiger partial charge in [0, 0.05) is 18.2 Å². The predicted molar refractivity (Wildman–Crippen MR) is 85.4 cm³/mol. The molecule has 24 heavy (non-hydrogen) atoms. The first-order chi connectivity index (χ1) is 11.5. The molecule has 0 aliphatic carbocycles. The van der Waals surface area contributed by atoms with E-state index in [-0.39, 0.29) is 24.6 Å². The van der Waals surface area contributed by atoms with E-state index in [1.165, 1.54) is 18.2 Å². The minimum atomic E-state index is -0.576. The lowest BCUT2D eigenvalue weighted by Crippen LogP contribution is -2.28. The third-order valence-corrected chi connectivity index (χ3v) is 3.15. The first kappa shape index (κ1) is 16.9. The van der Waals surface area contributed by atoms with Crippen LogP contribution in [0.15, 0.2) is 48.5 Å². The number of nitrogens with zero attached hydrogens (tertiary/aromatic N) is 1. The standard InChI is InChI=1S/C16H15N3O5/c17-16(21)12-7-5-11(6-8-12)9-18-15(20)10-24-14-4-2-1-3-13(14)19(22)23/h1-8H,9-10H2,(H2,17,21)(H,18,20). The van der Waals surface area contributed by atoms with Gasteiger partial charge < -0.3 is 15.8 Å². The molecular formula is C16H15N3O5. The van der Waals surface area contributed by atoms with E-state index in [1.54, 1.807) is 30.3 Å². The third kappa shape index (κ3) is 4.54.